The minimum atomic E-state index is -0.587. The van der Waals surface area contributed by atoms with Gasteiger partial charge in [0.2, 0.25) is 0 Å². The molecule has 0 atom stereocenters. The highest BCUT2D eigenvalue weighted by Gasteiger charge is 2.21. The molecule has 1 nitrogen and oxygen atoms in total. The first-order chi connectivity index (χ1) is 6.98. The number of hydrogen-bond donors (Lipinski definition) is 1. The summed E-state index contributed by atoms with van der Waals surface area (Å²) in [6.45, 7) is 3.70. The Morgan fingerprint density at radius 3 is 2.20 bits per heavy atom. The lowest BCUT2D eigenvalue weighted by atomic mass is 9.86. The van der Waals surface area contributed by atoms with E-state index in [-0.39, 0.29) is 5.82 Å². The predicted molar refractivity (Wildman–Crippen MR) is 60.3 cm³/mol. The molecule has 0 saturated heterocycles. The number of fused-ring (bicyclic) bond motifs is 1. The molecule has 0 aliphatic heterocycles. The van der Waals surface area contributed by atoms with Crippen molar-refractivity contribution in [3.8, 4) is 0 Å². The highest BCUT2D eigenvalue weighted by Crippen LogP contribution is 2.28. The smallest absolute Gasteiger partial charge is 0.128 e. The van der Waals surface area contributed by atoms with E-state index in [1.165, 1.54) is 24.0 Å². The number of benzene rings is 1. The second-order valence-corrected chi connectivity index (χ2v) is 5.03. The Kier molecular flexibility index (Phi) is 2.55. The Morgan fingerprint density at radius 1 is 1.13 bits per heavy atom. The number of halogens is 1. The summed E-state index contributed by atoms with van der Waals surface area (Å²) in [6, 6.07) is 3.64. The van der Waals surface area contributed by atoms with Crippen molar-refractivity contribution in [3.05, 3.63) is 34.6 Å². The molecule has 0 spiro atoms. The van der Waals surface area contributed by atoms with Crippen LogP contribution in [-0.4, -0.2) is 0 Å². The number of nitrogens with two attached hydrogens (primary N) is 1. The molecule has 0 fully saturated rings. The van der Waals surface area contributed by atoms with Crippen LogP contribution in [0.15, 0.2) is 12.1 Å². The van der Waals surface area contributed by atoms with Gasteiger partial charge < -0.3 is 5.73 Å². The third-order valence-electron chi connectivity index (χ3n) is 3.13. The van der Waals surface area contributed by atoms with Crippen molar-refractivity contribution in [2.45, 2.75) is 45.1 Å². The van der Waals surface area contributed by atoms with E-state index in [0.29, 0.717) is 5.56 Å². The van der Waals surface area contributed by atoms with Crippen molar-refractivity contribution in [1.29, 1.82) is 0 Å². The van der Waals surface area contributed by atoms with E-state index in [2.05, 4.69) is 0 Å². The van der Waals surface area contributed by atoms with Crippen LogP contribution in [0, 0.1) is 5.82 Å². The Labute approximate surface area is 90.5 Å². The highest BCUT2D eigenvalue weighted by molar-refractivity contribution is 5.37. The number of aryl methyl sites for hydroxylation is 2. The van der Waals surface area contributed by atoms with Gasteiger partial charge in [-0.05, 0) is 56.7 Å². The van der Waals surface area contributed by atoms with Crippen molar-refractivity contribution >= 4 is 0 Å². The lowest BCUT2D eigenvalue weighted by Crippen LogP contribution is -2.30. The molecule has 1 aromatic rings. The summed E-state index contributed by atoms with van der Waals surface area (Å²) >= 11 is 0. The fraction of sp³-hybridized carbons (Fsp3) is 0.538. The van der Waals surface area contributed by atoms with Crippen LogP contribution in [0.3, 0.4) is 0 Å². The molecular weight excluding hydrogens is 189 g/mol. The Morgan fingerprint density at radius 2 is 1.67 bits per heavy atom. The third-order valence-corrected chi connectivity index (χ3v) is 3.13. The average molecular weight is 207 g/mol. The van der Waals surface area contributed by atoms with Gasteiger partial charge in [-0.25, -0.2) is 4.39 Å². The van der Waals surface area contributed by atoms with E-state index < -0.39 is 5.54 Å². The van der Waals surface area contributed by atoms with Gasteiger partial charge in [0, 0.05) is 11.1 Å². The van der Waals surface area contributed by atoms with Crippen molar-refractivity contribution in [2.24, 2.45) is 5.73 Å². The second kappa shape index (κ2) is 3.60. The summed E-state index contributed by atoms with van der Waals surface area (Å²) in [5.74, 6) is -0.150. The van der Waals surface area contributed by atoms with E-state index in [1.54, 1.807) is 6.07 Å². The molecule has 0 saturated carbocycles. The lowest BCUT2D eigenvalue weighted by molar-refractivity contribution is 0.497. The fourth-order valence-electron chi connectivity index (χ4n) is 2.25. The maximum absolute atomic E-state index is 13.8. The van der Waals surface area contributed by atoms with Gasteiger partial charge in [-0.15, -0.1) is 0 Å². The Balaban J connectivity index is 2.50. The summed E-state index contributed by atoms with van der Waals surface area (Å²) in [4.78, 5) is 0. The molecule has 1 aliphatic carbocycles. The van der Waals surface area contributed by atoms with Gasteiger partial charge in [0.05, 0.1) is 0 Å². The van der Waals surface area contributed by atoms with Gasteiger partial charge in [0.15, 0.2) is 0 Å². The zero-order valence-corrected chi connectivity index (χ0v) is 9.44. The molecule has 82 valence electrons. The molecule has 0 bridgehead atoms. The van der Waals surface area contributed by atoms with Crippen LogP contribution in [0.2, 0.25) is 0 Å². The molecule has 2 heteroatoms. The summed E-state index contributed by atoms with van der Waals surface area (Å²) in [6.07, 6.45) is 4.47. The van der Waals surface area contributed by atoms with Crippen LogP contribution in [0.1, 0.15) is 43.4 Å². The normalized spacial score (nSPS) is 16.3. The van der Waals surface area contributed by atoms with E-state index in [1.807, 2.05) is 19.9 Å². The van der Waals surface area contributed by atoms with Crippen molar-refractivity contribution < 1.29 is 4.39 Å². The Bertz CT molecular complexity index is 377. The van der Waals surface area contributed by atoms with Gasteiger partial charge >= 0.3 is 0 Å². The molecule has 0 amide bonds. The van der Waals surface area contributed by atoms with Crippen LogP contribution in [0.4, 0.5) is 4.39 Å². The number of hydrogen-bond acceptors (Lipinski definition) is 1. The maximum atomic E-state index is 13.8. The van der Waals surface area contributed by atoms with Crippen molar-refractivity contribution in [3.63, 3.8) is 0 Å². The summed E-state index contributed by atoms with van der Waals surface area (Å²) in [5, 5.41) is 0. The molecule has 0 heterocycles. The van der Waals surface area contributed by atoms with E-state index >= 15 is 0 Å². The van der Waals surface area contributed by atoms with Crippen molar-refractivity contribution in [1.82, 2.24) is 0 Å². The zero-order chi connectivity index (χ0) is 11.1. The number of rotatable bonds is 1. The SMILES string of the molecule is CC(C)(N)c1cc2c(cc1F)CCCC2. The minimum Gasteiger partial charge on any atom is -0.322 e. The largest absolute Gasteiger partial charge is 0.322 e. The summed E-state index contributed by atoms with van der Waals surface area (Å²) < 4.78 is 13.8. The molecule has 0 radical (unpaired) electrons. The van der Waals surface area contributed by atoms with Gasteiger partial charge in [-0.1, -0.05) is 6.07 Å². The van der Waals surface area contributed by atoms with Gasteiger partial charge in [-0.3, -0.25) is 0 Å². The Hall–Kier alpha value is -0.890. The minimum absolute atomic E-state index is 0.150. The monoisotopic (exact) mass is 207 g/mol. The first-order valence-corrected chi connectivity index (χ1v) is 5.59. The summed E-state index contributed by atoms with van der Waals surface area (Å²) in [7, 11) is 0. The van der Waals surface area contributed by atoms with Gasteiger partial charge in [0.1, 0.15) is 5.82 Å². The van der Waals surface area contributed by atoms with Gasteiger partial charge in [-0.2, -0.15) is 0 Å². The standard InChI is InChI=1S/C13H18FN/c1-13(2,15)11-7-9-5-3-4-6-10(9)8-12(11)14/h7-8H,3-6,15H2,1-2H3. The molecule has 1 aromatic carbocycles. The quantitative estimate of drug-likeness (QED) is 0.753. The lowest BCUT2D eigenvalue weighted by Gasteiger charge is -2.24. The van der Waals surface area contributed by atoms with Gasteiger partial charge in [0.25, 0.3) is 0 Å². The van der Waals surface area contributed by atoms with Crippen LogP contribution >= 0.6 is 0 Å². The van der Waals surface area contributed by atoms with E-state index in [9.17, 15) is 4.39 Å². The van der Waals surface area contributed by atoms with Crippen LogP contribution in [-0.2, 0) is 18.4 Å². The third kappa shape index (κ3) is 2.05. The van der Waals surface area contributed by atoms with Crippen LogP contribution < -0.4 is 5.73 Å². The molecular formula is C13H18FN. The second-order valence-electron chi connectivity index (χ2n) is 5.03. The fourth-order valence-corrected chi connectivity index (χ4v) is 2.25. The molecule has 1 aliphatic rings. The molecule has 0 aromatic heterocycles. The van der Waals surface area contributed by atoms with E-state index in [4.69, 9.17) is 5.73 Å². The first kappa shape index (κ1) is 10.6. The van der Waals surface area contributed by atoms with E-state index in [0.717, 1.165) is 12.8 Å². The molecule has 2 N–H and O–H groups in total. The predicted octanol–water partition coefficient (Wildman–Crippen LogP) is 2.90. The highest BCUT2D eigenvalue weighted by atomic mass is 19.1. The molecule has 0 unspecified atom stereocenters. The van der Waals surface area contributed by atoms with Crippen LogP contribution in [0.25, 0.3) is 0 Å². The topological polar surface area (TPSA) is 26.0 Å². The van der Waals surface area contributed by atoms with Crippen LogP contribution in [0.5, 0.6) is 0 Å². The molecule has 2 rings (SSSR count). The maximum Gasteiger partial charge on any atom is 0.128 e. The summed E-state index contributed by atoms with van der Waals surface area (Å²) in [5.41, 5.74) is 8.47. The zero-order valence-electron chi connectivity index (χ0n) is 9.44. The first-order valence-electron chi connectivity index (χ1n) is 5.59. The van der Waals surface area contributed by atoms with Crippen molar-refractivity contribution in [2.75, 3.05) is 0 Å². The average Bonchev–Trinajstić information content (AvgIpc) is 2.15. The molecule has 15 heavy (non-hydrogen) atoms.